The lowest BCUT2D eigenvalue weighted by molar-refractivity contribution is -0.284. The number of hydrogen-bond acceptors (Lipinski definition) is 5. The van der Waals surface area contributed by atoms with Crippen molar-refractivity contribution in [3.63, 3.8) is 0 Å². The summed E-state index contributed by atoms with van der Waals surface area (Å²) in [7, 11) is 0. The molecule has 0 bridgehead atoms. The van der Waals surface area contributed by atoms with E-state index in [1.807, 2.05) is 0 Å². The van der Waals surface area contributed by atoms with Crippen LogP contribution in [0.3, 0.4) is 0 Å². The zero-order chi connectivity index (χ0) is 11.7. The van der Waals surface area contributed by atoms with E-state index in [9.17, 15) is 20.4 Å². The monoisotopic (exact) mass is 226 g/mol. The second-order valence-electron chi connectivity index (χ2n) is 3.83. The molecule has 2 rings (SSSR count). The third kappa shape index (κ3) is 1.95. The molecule has 5 nitrogen and oxygen atoms in total. The summed E-state index contributed by atoms with van der Waals surface area (Å²) in [4.78, 5) is 0. The molecule has 1 aliphatic heterocycles. The first kappa shape index (κ1) is 11.5. The molecule has 1 fully saturated rings. The Bertz CT molecular complexity index is 341. The summed E-state index contributed by atoms with van der Waals surface area (Å²) in [6, 6.07) is 8.75. The molecule has 88 valence electrons. The molecule has 1 heterocycles. The van der Waals surface area contributed by atoms with Gasteiger partial charge in [-0.05, 0) is 5.56 Å². The summed E-state index contributed by atoms with van der Waals surface area (Å²) in [5.74, 6) is 0. The van der Waals surface area contributed by atoms with Crippen LogP contribution in [-0.2, 0) is 4.74 Å². The SMILES string of the molecule is O[C@@H]1[C@@H](O)[C@H](O)O[C@H](c2ccccc2)[C@H]1O. The standard InChI is InChI=1S/C11H14O5/c12-7-8(13)10(16-11(15)9(7)14)6-4-2-1-3-5-6/h1-5,7-15H/t7-,8-,9+,10+,11+/m0/s1. The Morgan fingerprint density at radius 1 is 0.812 bits per heavy atom. The van der Waals surface area contributed by atoms with E-state index in [2.05, 4.69) is 0 Å². The summed E-state index contributed by atoms with van der Waals surface area (Å²) in [6.07, 6.45) is -6.51. The molecule has 0 amide bonds. The van der Waals surface area contributed by atoms with E-state index in [1.165, 1.54) is 0 Å². The minimum Gasteiger partial charge on any atom is -0.387 e. The van der Waals surface area contributed by atoms with Crippen molar-refractivity contribution in [2.75, 3.05) is 0 Å². The van der Waals surface area contributed by atoms with Gasteiger partial charge in [-0.2, -0.15) is 0 Å². The largest absolute Gasteiger partial charge is 0.387 e. The van der Waals surface area contributed by atoms with Crippen molar-refractivity contribution in [3.8, 4) is 0 Å². The van der Waals surface area contributed by atoms with E-state index < -0.39 is 30.7 Å². The third-order valence-corrected chi connectivity index (χ3v) is 2.72. The molecule has 16 heavy (non-hydrogen) atoms. The molecule has 5 heteroatoms. The van der Waals surface area contributed by atoms with Crippen LogP contribution in [0.25, 0.3) is 0 Å². The van der Waals surface area contributed by atoms with Crippen LogP contribution in [0.4, 0.5) is 0 Å². The highest BCUT2D eigenvalue weighted by molar-refractivity contribution is 5.20. The average Bonchev–Trinajstić information content (AvgIpc) is 2.32. The Labute approximate surface area is 92.5 Å². The zero-order valence-corrected chi connectivity index (χ0v) is 8.47. The summed E-state index contributed by atoms with van der Waals surface area (Å²) in [5.41, 5.74) is 0.639. The van der Waals surface area contributed by atoms with Gasteiger partial charge in [0.25, 0.3) is 0 Å². The van der Waals surface area contributed by atoms with Crippen LogP contribution in [0.2, 0.25) is 0 Å². The van der Waals surface area contributed by atoms with Gasteiger partial charge >= 0.3 is 0 Å². The molecule has 1 aliphatic rings. The second kappa shape index (κ2) is 4.48. The topological polar surface area (TPSA) is 90.2 Å². The minimum atomic E-state index is -1.50. The molecule has 0 spiro atoms. The van der Waals surface area contributed by atoms with E-state index in [0.29, 0.717) is 5.56 Å². The molecule has 5 atom stereocenters. The summed E-state index contributed by atoms with van der Waals surface area (Å²) >= 11 is 0. The maximum atomic E-state index is 9.73. The lowest BCUT2D eigenvalue weighted by atomic mass is 9.94. The van der Waals surface area contributed by atoms with Gasteiger partial charge in [-0.25, -0.2) is 0 Å². The maximum Gasteiger partial charge on any atom is 0.184 e. The fraction of sp³-hybridized carbons (Fsp3) is 0.455. The fourth-order valence-corrected chi connectivity index (χ4v) is 1.78. The quantitative estimate of drug-likeness (QED) is 0.501. The van der Waals surface area contributed by atoms with Crippen molar-refractivity contribution in [2.24, 2.45) is 0 Å². The normalized spacial score (nSPS) is 39.6. The van der Waals surface area contributed by atoms with Crippen LogP contribution < -0.4 is 0 Å². The van der Waals surface area contributed by atoms with Crippen molar-refractivity contribution in [3.05, 3.63) is 35.9 Å². The van der Waals surface area contributed by atoms with Gasteiger partial charge in [-0.15, -0.1) is 0 Å². The molecule has 1 saturated heterocycles. The molecule has 4 N–H and O–H groups in total. The van der Waals surface area contributed by atoms with Crippen molar-refractivity contribution < 1.29 is 25.2 Å². The molecule has 1 aromatic rings. The number of aliphatic hydroxyl groups is 4. The maximum absolute atomic E-state index is 9.73. The van der Waals surface area contributed by atoms with Crippen LogP contribution in [-0.4, -0.2) is 45.0 Å². The first-order valence-corrected chi connectivity index (χ1v) is 5.04. The van der Waals surface area contributed by atoms with E-state index >= 15 is 0 Å². The second-order valence-corrected chi connectivity index (χ2v) is 3.83. The highest BCUT2D eigenvalue weighted by Crippen LogP contribution is 2.31. The van der Waals surface area contributed by atoms with Crippen molar-refractivity contribution >= 4 is 0 Å². The predicted octanol–water partition coefficient (Wildman–Crippen LogP) is -0.841. The highest BCUT2D eigenvalue weighted by atomic mass is 16.6. The van der Waals surface area contributed by atoms with Crippen molar-refractivity contribution in [2.45, 2.75) is 30.7 Å². The molecule has 0 aliphatic carbocycles. The predicted molar refractivity (Wildman–Crippen MR) is 54.3 cm³/mol. The summed E-state index contributed by atoms with van der Waals surface area (Å²) in [5, 5.41) is 37.9. The lowest BCUT2D eigenvalue weighted by Gasteiger charge is -2.38. The van der Waals surface area contributed by atoms with Crippen LogP contribution in [0.5, 0.6) is 0 Å². The van der Waals surface area contributed by atoms with Gasteiger partial charge in [-0.3, -0.25) is 0 Å². The number of hydrogen-bond donors (Lipinski definition) is 4. The van der Waals surface area contributed by atoms with Gasteiger partial charge in [0.1, 0.15) is 24.4 Å². The number of aliphatic hydroxyl groups excluding tert-OH is 4. The van der Waals surface area contributed by atoms with E-state index in [-0.39, 0.29) is 0 Å². The molecule has 0 radical (unpaired) electrons. The summed E-state index contributed by atoms with van der Waals surface area (Å²) in [6.45, 7) is 0. The molecular formula is C11H14O5. The lowest BCUT2D eigenvalue weighted by Crippen LogP contribution is -2.54. The molecule has 0 unspecified atom stereocenters. The minimum absolute atomic E-state index is 0.639. The Hall–Kier alpha value is -0.980. The van der Waals surface area contributed by atoms with Crippen LogP contribution >= 0.6 is 0 Å². The van der Waals surface area contributed by atoms with Gasteiger partial charge in [0.15, 0.2) is 6.29 Å². The van der Waals surface area contributed by atoms with E-state index in [0.717, 1.165) is 0 Å². The Kier molecular flexibility index (Phi) is 3.22. The van der Waals surface area contributed by atoms with Gasteiger partial charge in [0.05, 0.1) is 0 Å². The van der Waals surface area contributed by atoms with Crippen molar-refractivity contribution in [1.29, 1.82) is 0 Å². The molecular weight excluding hydrogens is 212 g/mol. The van der Waals surface area contributed by atoms with Crippen LogP contribution in [0, 0.1) is 0 Å². The first-order chi connectivity index (χ1) is 7.61. The zero-order valence-electron chi connectivity index (χ0n) is 8.47. The number of benzene rings is 1. The Morgan fingerprint density at radius 3 is 2.06 bits per heavy atom. The van der Waals surface area contributed by atoms with Crippen LogP contribution in [0.1, 0.15) is 11.7 Å². The van der Waals surface area contributed by atoms with Gasteiger partial charge < -0.3 is 25.2 Å². The fourth-order valence-electron chi connectivity index (χ4n) is 1.78. The molecule has 0 saturated carbocycles. The Balaban J connectivity index is 2.23. The van der Waals surface area contributed by atoms with E-state index in [4.69, 9.17) is 4.74 Å². The average molecular weight is 226 g/mol. The third-order valence-electron chi connectivity index (χ3n) is 2.72. The molecule has 1 aromatic carbocycles. The molecule has 0 aromatic heterocycles. The Morgan fingerprint density at radius 2 is 1.44 bits per heavy atom. The van der Waals surface area contributed by atoms with Gasteiger partial charge in [0.2, 0.25) is 0 Å². The smallest absolute Gasteiger partial charge is 0.184 e. The van der Waals surface area contributed by atoms with Crippen LogP contribution in [0.15, 0.2) is 30.3 Å². The van der Waals surface area contributed by atoms with Gasteiger partial charge in [0, 0.05) is 0 Å². The number of rotatable bonds is 1. The number of ether oxygens (including phenoxy) is 1. The highest BCUT2D eigenvalue weighted by Gasteiger charge is 2.43. The van der Waals surface area contributed by atoms with Crippen molar-refractivity contribution in [1.82, 2.24) is 0 Å². The van der Waals surface area contributed by atoms with Gasteiger partial charge in [-0.1, -0.05) is 30.3 Å². The van der Waals surface area contributed by atoms with E-state index in [1.54, 1.807) is 30.3 Å². The summed E-state index contributed by atoms with van der Waals surface area (Å²) < 4.78 is 5.06. The first-order valence-electron chi connectivity index (χ1n) is 5.04.